The van der Waals surface area contributed by atoms with Gasteiger partial charge in [-0.1, -0.05) is 28.1 Å². The van der Waals surface area contributed by atoms with Crippen LogP contribution in [0.2, 0.25) is 0 Å². The van der Waals surface area contributed by atoms with Gasteiger partial charge < -0.3 is 10.3 Å². The van der Waals surface area contributed by atoms with Gasteiger partial charge >= 0.3 is 0 Å². The molecule has 2 N–H and O–H groups in total. The average molecular weight is 345 g/mol. The monoisotopic (exact) mass is 344 g/mol. The molecule has 0 aliphatic heterocycles. The number of benzene rings is 1. The van der Waals surface area contributed by atoms with Gasteiger partial charge in [-0.3, -0.25) is 4.79 Å². The van der Waals surface area contributed by atoms with Gasteiger partial charge in [0.15, 0.2) is 0 Å². The number of H-pyrrole nitrogens is 1. The summed E-state index contributed by atoms with van der Waals surface area (Å²) < 4.78 is 0. The second-order valence-corrected chi connectivity index (χ2v) is 6.02. The second kappa shape index (κ2) is 5.65. The fourth-order valence-corrected chi connectivity index (χ4v) is 2.20. The fraction of sp³-hybridized carbons (Fsp3) is 0.133. The Labute approximate surface area is 129 Å². The average Bonchev–Trinajstić information content (AvgIpc) is 2.95. The van der Waals surface area contributed by atoms with Crippen LogP contribution < -0.4 is 5.32 Å². The molecule has 1 atom stereocenters. The molecule has 0 bridgehead atoms. The number of nitrogens with one attached hydrogen (secondary N) is 2. The van der Waals surface area contributed by atoms with Crippen molar-refractivity contribution in [3.8, 4) is 11.3 Å². The second-order valence-electron chi connectivity index (χ2n) is 4.65. The molecule has 21 heavy (non-hydrogen) atoms. The molecule has 1 amide bonds. The van der Waals surface area contributed by atoms with Gasteiger partial charge in [-0.05, 0) is 25.1 Å². The van der Waals surface area contributed by atoms with Gasteiger partial charge in [0.2, 0.25) is 5.91 Å². The summed E-state index contributed by atoms with van der Waals surface area (Å²) in [4.78, 5) is 23.1. The van der Waals surface area contributed by atoms with Crippen LogP contribution in [0.1, 0.15) is 6.92 Å². The molecular weight excluding hydrogens is 332 g/mol. The zero-order valence-corrected chi connectivity index (χ0v) is 12.9. The number of aromatic amines is 1. The smallest absolute Gasteiger partial charge is 0.237 e. The molecule has 0 saturated carbocycles. The molecule has 3 rings (SSSR count). The highest BCUT2D eigenvalue weighted by atomic mass is 79.9. The summed E-state index contributed by atoms with van der Waals surface area (Å²) in [5.74, 6) is -0.0818. The van der Waals surface area contributed by atoms with Crippen LogP contribution in [0.3, 0.4) is 0 Å². The molecule has 2 heterocycles. The third-order valence-electron chi connectivity index (χ3n) is 3.12. The van der Waals surface area contributed by atoms with Crippen molar-refractivity contribution in [2.45, 2.75) is 11.8 Å². The van der Waals surface area contributed by atoms with Crippen LogP contribution in [0, 0.1) is 0 Å². The molecule has 0 radical (unpaired) electrons. The third-order valence-corrected chi connectivity index (χ3v) is 3.53. The number of carbonyl (C=O) groups is 1. The molecular formula is C15H13BrN4O. The van der Waals surface area contributed by atoms with Crippen molar-refractivity contribution < 1.29 is 4.79 Å². The van der Waals surface area contributed by atoms with E-state index in [9.17, 15) is 4.79 Å². The van der Waals surface area contributed by atoms with E-state index in [1.165, 1.54) is 6.33 Å². The van der Waals surface area contributed by atoms with Crippen molar-refractivity contribution in [2.75, 3.05) is 5.32 Å². The molecule has 1 unspecified atom stereocenters. The maximum Gasteiger partial charge on any atom is 0.237 e. The largest absolute Gasteiger partial charge is 0.346 e. The van der Waals surface area contributed by atoms with Crippen molar-refractivity contribution in [1.82, 2.24) is 15.0 Å². The summed E-state index contributed by atoms with van der Waals surface area (Å²) in [6.07, 6.45) is 3.36. The third kappa shape index (κ3) is 2.80. The Bertz CT molecular complexity index is 797. The van der Waals surface area contributed by atoms with E-state index in [4.69, 9.17) is 0 Å². The molecule has 2 aromatic heterocycles. The number of anilines is 1. The zero-order chi connectivity index (χ0) is 14.8. The molecule has 0 spiro atoms. The highest BCUT2D eigenvalue weighted by Crippen LogP contribution is 2.26. The van der Waals surface area contributed by atoms with E-state index < -0.39 is 0 Å². The summed E-state index contributed by atoms with van der Waals surface area (Å²) in [5, 5.41) is 3.81. The number of aromatic nitrogens is 3. The van der Waals surface area contributed by atoms with E-state index in [0.717, 1.165) is 28.0 Å². The molecule has 106 valence electrons. The molecule has 0 aliphatic carbocycles. The van der Waals surface area contributed by atoms with Crippen molar-refractivity contribution in [2.24, 2.45) is 0 Å². The van der Waals surface area contributed by atoms with E-state index in [0.29, 0.717) is 0 Å². The van der Waals surface area contributed by atoms with Crippen molar-refractivity contribution in [1.29, 1.82) is 0 Å². The predicted molar refractivity (Wildman–Crippen MR) is 86.3 cm³/mol. The number of nitrogens with zero attached hydrogens (tertiary/aromatic N) is 2. The minimum Gasteiger partial charge on any atom is -0.346 e. The van der Waals surface area contributed by atoms with E-state index in [-0.39, 0.29) is 10.7 Å². The Hall–Kier alpha value is -2.21. The van der Waals surface area contributed by atoms with Gasteiger partial charge in [-0.2, -0.15) is 0 Å². The minimum absolute atomic E-state index is 0.0818. The normalized spacial score (nSPS) is 12.3. The van der Waals surface area contributed by atoms with Crippen LogP contribution in [0.15, 0.2) is 42.9 Å². The van der Waals surface area contributed by atoms with Crippen molar-refractivity contribution in [3.05, 3.63) is 42.9 Å². The molecule has 6 heteroatoms. The molecule has 0 saturated heterocycles. The standard InChI is InChI=1S/C15H13BrN4O/c1-9(16)15(21)20-11-4-2-3-10(7-11)13-12-5-6-17-14(12)19-8-18-13/h2-9H,1H3,(H,20,21)(H,17,18,19). The summed E-state index contributed by atoms with van der Waals surface area (Å²) in [6.45, 7) is 1.78. The number of carbonyl (C=O) groups excluding carboxylic acids is 1. The number of amides is 1. The highest BCUT2D eigenvalue weighted by molar-refractivity contribution is 9.10. The molecule has 0 aliphatic rings. The predicted octanol–water partition coefficient (Wildman–Crippen LogP) is 3.35. The zero-order valence-electron chi connectivity index (χ0n) is 11.3. The van der Waals surface area contributed by atoms with E-state index in [1.54, 1.807) is 6.92 Å². The Morgan fingerprint density at radius 3 is 3.00 bits per heavy atom. The van der Waals surface area contributed by atoms with Crippen LogP contribution >= 0.6 is 15.9 Å². The number of fused-ring (bicyclic) bond motifs is 1. The van der Waals surface area contributed by atoms with Gasteiger partial charge in [0, 0.05) is 22.8 Å². The van der Waals surface area contributed by atoms with Gasteiger partial charge in [0.05, 0.1) is 10.5 Å². The topological polar surface area (TPSA) is 70.7 Å². The van der Waals surface area contributed by atoms with Gasteiger partial charge in [-0.15, -0.1) is 0 Å². The first-order valence-corrected chi connectivity index (χ1v) is 7.40. The van der Waals surface area contributed by atoms with Crippen LogP contribution in [-0.2, 0) is 4.79 Å². The minimum atomic E-state index is -0.239. The maximum absolute atomic E-state index is 11.7. The van der Waals surface area contributed by atoms with E-state index in [2.05, 4.69) is 36.2 Å². The van der Waals surface area contributed by atoms with Gasteiger partial charge in [0.25, 0.3) is 0 Å². The molecule has 1 aromatic carbocycles. The number of hydrogen-bond donors (Lipinski definition) is 2. The molecule has 3 aromatic rings. The molecule has 5 nitrogen and oxygen atoms in total. The SMILES string of the molecule is CC(Br)C(=O)Nc1cccc(-c2ncnc3[nH]ccc23)c1. The summed E-state index contributed by atoms with van der Waals surface area (Å²) in [6, 6.07) is 9.55. The maximum atomic E-state index is 11.7. The Morgan fingerprint density at radius 2 is 2.19 bits per heavy atom. The highest BCUT2D eigenvalue weighted by Gasteiger charge is 2.11. The van der Waals surface area contributed by atoms with Gasteiger partial charge in [-0.25, -0.2) is 9.97 Å². The van der Waals surface area contributed by atoms with E-state index >= 15 is 0 Å². The van der Waals surface area contributed by atoms with Crippen molar-refractivity contribution >= 4 is 38.6 Å². The number of alkyl halides is 1. The first-order valence-electron chi connectivity index (χ1n) is 6.48. The van der Waals surface area contributed by atoms with E-state index in [1.807, 2.05) is 36.5 Å². The van der Waals surface area contributed by atoms with Crippen LogP contribution in [0.4, 0.5) is 5.69 Å². The Balaban J connectivity index is 2.00. The number of halogens is 1. The number of rotatable bonds is 3. The van der Waals surface area contributed by atoms with Crippen LogP contribution in [0.25, 0.3) is 22.3 Å². The quantitative estimate of drug-likeness (QED) is 0.715. The Morgan fingerprint density at radius 1 is 1.33 bits per heavy atom. The summed E-state index contributed by atoms with van der Waals surface area (Å²) >= 11 is 3.25. The first kappa shape index (κ1) is 13.8. The lowest BCUT2D eigenvalue weighted by Gasteiger charge is -2.09. The lowest BCUT2D eigenvalue weighted by Crippen LogP contribution is -2.19. The summed E-state index contributed by atoms with van der Waals surface area (Å²) in [7, 11) is 0. The van der Waals surface area contributed by atoms with Crippen molar-refractivity contribution in [3.63, 3.8) is 0 Å². The fourth-order valence-electron chi connectivity index (χ4n) is 2.09. The van der Waals surface area contributed by atoms with Crippen LogP contribution in [-0.4, -0.2) is 25.7 Å². The van der Waals surface area contributed by atoms with Crippen LogP contribution in [0.5, 0.6) is 0 Å². The lowest BCUT2D eigenvalue weighted by atomic mass is 10.1. The lowest BCUT2D eigenvalue weighted by molar-refractivity contribution is -0.115. The number of hydrogen-bond acceptors (Lipinski definition) is 3. The van der Waals surface area contributed by atoms with Gasteiger partial charge in [0.1, 0.15) is 12.0 Å². The molecule has 0 fully saturated rings. The summed E-state index contributed by atoms with van der Waals surface area (Å²) in [5.41, 5.74) is 3.31. The Kier molecular flexibility index (Phi) is 3.70. The first-order chi connectivity index (χ1) is 10.1.